The smallest absolute Gasteiger partial charge is 0.312 e. The van der Waals surface area contributed by atoms with Crippen LogP contribution in [0.4, 0.5) is 0 Å². The summed E-state index contributed by atoms with van der Waals surface area (Å²) in [4.78, 5) is 37.0. The SMILES string of the molecule is COC(=O)[C@H]1[C@@H](C(=O)OC)CC=C(Br)[C@H]1NC(=O)c1ccc(OC)cc1. The van der Waals surface area contributed by atoms with Gasteiger partial charge in [-0.05, 0) is 30.7 Å². The van der Waals surface area contributed by atoms with Gasteiger partial charge in [0.2, 0.25) is 0 Å². The molecule has 0 bridgehead atoms. The van der Waals surface area contributed by atoms with Crippen molar-refractivity contribution in [2.75, 3.05) is 21.3 Å². The van der Waals surface area contributed by atoms with Crippen molar-refractivity contribution in [3.8, 4) is 5.75 Å². The van der Waals surface area contributed by atoms with Gasteiger partial charge in [-0.25, -0.2) is 0 Å². The van der Waals surface area contributed by atoms with Gasteiger partial charge in [-0.1, -0.05) is 22.0 Å². The van der Waals surface area contributed by atoms with E-state index in [-0.39, 0.29) is 5.91 Å². The van der Waals surface area contributed by atoms with E-state index in [1.165, 1.54) is 21.3 Å². The summed E-state index contributed by atoms with van der Waals surface area (Å²) >= 11 is 3.38. The summed E-state index contributed by atoms with van der Waals surface area (Å²) < 4.78 is 15.3. The van der Waals surface area contributed by atoms with Crippen LogP contribution in [0.5, 0.6) is 5.75 Å². The molecule has 0 radical (unpaired) electrons. The normalized spacial score (nSPS) is 22.0. The van der Waals surface area contributed by atoms with Crippen molar-refractivity contribution in [1.29, 1.82) is 0 Å². The Morgan fingerprint density at radius 2 is 1.65 bits per heavy atom. The van der Waals surface area contributed by atoms with E-state index in [0.717, 1.165) is 0 Å². The number of nitrogens with one attached hydrogen (secondary N) is 1. The molecule has 7 nitrogen and oxygen atoms in total. The number of benzene rings is 1. The Morgan fingerprint density at radius 3 is 2.19 bits per heavy atom. The highest BCUT2D eigenvalue weighted by Gasteiger charge is 2.45. The molecule has 0 fully saturated rings. The number of hydrogen-bond acceptors (Lipinski definition) is 6. The van der Waals surface area contributed by atoms with Crippen molar-refractivity contribution < 1.29 is 28.6 Å². The van der Waals surface area contributed by atoms with Gasteiger partial charge in [-0.15, -0.1) is 0 Å². The molecule has 1 aliphatic rings. The van der Waals surface area contributed by atoms with E-state index in [2.05, 4.69) is 21.2 Å². The highest BCUT2D eigenvalue weighted by atomic mass is 79.9. The zero-order chi connectivity index (χ0) is 19.3. The van der Waals surface area contributed by atoms with Gasteiger partial charge in [-0.3, -0.25) is 14.4 Å². The zero-order valence-electron chi connectivity index (χ0n) is 14.7. The van der Waals surface area contributed by atoms with E-state index in [4.69, 9.17) is 14.2 Å². The topological polar surface area (TPSA) is 90.9 Å². The number of rotatable bonds is 5. The molecule has 1 aromatic rings. The third-order valence-corrected chi connectivity index (χ3v) is 5.09. The number of carbonyl (C=O) groups is 3. The average molecular weight is 426 g/mol. The molecule has 1 aliphatic carbocycles. The number of carbonyl (C=O) groups excluding carboxylic acids is 3. The first-order valence-electron chi connectivity index (χ1n) is 7.89. The van der Waals surface area contributed by atoms with Crippen LogP contribution in [0.3, 0.4) is 0 Å². The molecular weight excluding hydrogens is 406 g/mol. The fraction of sp³-hybridized carbons (Fsp3) is 0.389. The molecule has 26 heavy (non-hydrogen) atoms. The second kappa shape index (κ2) is 8.84. The third kappa shape index (κ3) is 4.24. The van der Waals surface area contributed by atoms with Gasteiger partial charge in [0.1, 0.15) is 5.75 Å². The third-order valence-electron chi connectivity index (χ3n) is 4.27. The van der Waals surface area contributed by atoms with E-state index in [0.29, 0.717) is 22.2 Å². The maximum absolute atomic E-state index is 12.6. The van der Waals surface area contributed by atoms with E-state index < -0.39 is 29.8 Å². The van der Waals surface area contributed by atoms with Gasteiger partial charge >= 0.3 is 11.9 Å². The zero-order valence-corrected chi connectivity index (χ0v) is 16.2. The number of hydrogen-bond donors (Lipinski definition) is 1. The minimum Gasteiger partial charge on any atom is -0.497 e. The molecule has 140 valence electrons. The number of halogens is 1. The van der Waals surface area contributed by atoms with E-state index in [1.807, 2.05) is 0 Å². The van der Waals surface area contributed by atoms with Crippen molar-refractivity contribution >= 4 is 33.8 Å². The first kappa shape index (κ1) is 20.0. The van der Waals surface area contributed by atoms with Crippen LogP contribution in [0.15, 0.2) is 34.8 Å². The van der Waals surface area contributed by atoms with Crippen LogP contribution < -0.4 is 10.1 Å². The molecule has 3 atom stereocenters. The van der Waals surface area contributed by atoms with Crippen molar-refractivity contribution in [2.24, 2.45) is 11.8 Å². The van der Waals surface area contributed by atoms with Crippen LogP contribution in [0.1, 0.15) is 16.8 Å². The molecule has 0 spiro atoms. The highest BCUT2D eigenvalue weighted by molar-refractivity contribution is 9.11. The Hall–Kier alpha value is -2.35. The average Bonchev–Trinajstić information content (AvgIpc) is 2.68. The number of amides is 1. The molecule has 1 amide bonds. The van der Waals surface area contributed by atoms with Gasteiger partial charge in [0.25, 0.3) is 5.91 Å². The largest absolute Gasteiger partial charge is 0.497 e. The first-order chi connectivity index (χ1) is 12.4. The lowest BCUT2D eigenvalue weighted by atomic mass is 9.79. The summed E-state index contributed by atoms with van der Waals surface area (Å²) in [5.74, 6) is -2.52. The predicted molar refractivity (Wildman–Crippen MR) is 96.9 cm³/mol. The maximum Gasteiger partial charge on any atom is 0.312 e. The number of methoxy groups -OCH3 is 3. The van der Waals surface area contributed by atoms with Gasteiger partial charge in [-0.2, -0.15) is 0 Å². The van der Waals surface area contributed by atoms with Crippen LogP contribution in [-0.4, -0.2) is 45.2 Å². The van der Waals surface area contributed by atoms with Gasteiger partial charge in [0.05, 0.1) is 39.2 Å². The van der Waals surface area contributed by atoms with E-state index in [1.54, 1.807) is 30.3 Å². The van der Waals surface area contributed by atoms with Crippen LogP contribution >= 0.6 is 15.9 Å². The summed E-state index contributed by atoms with van der Waals surface area (Å²) in [6.45, 7) is 0. The summed E-state index contributed by atoms with van der Waals surface area (Å²) in [6.07, 6.45) is 2.06. The van der Waals surface area contributed by atoms with E-state index in [9.17, 15) is 14.4 Å². The standard InChI is InChI=1S/C18H20BrNO6/c1-24-11-6-4-10(5-7-11)16(21)20-15-13(19)9-8-12(17(22)25-2)14(15)18(23)26-3/h4-7,9,12,14-15H,8H2,1-3H3,(H,20,21)/t12-,14-,15+/m0/s1. The monoisotopic (exact) mass is 425 g/mol. The summed E-state index contributed by atoms with van der Waals surface area (Å²) in [7, 11) is 4.03. The Morgan fingerprint density at radius 1 is 1.04 bits per heavy atom. The van der Waals surface area contributed by atoms with Crippen LogP contribution in [0.25, 0.3) is 0 Å². The van der Waals surface area contributed by atoms with Crippen molar-refractivity contribution in [3.63, 3.8) is 0 Å². The predicted octanol–water partition coefficient (Wildman–Crippen LogP) is 2.05. The lowest BCUT2D eigenvalue weighted by Gasteiger charge is -2.34. The van der Waals surface area contributed by atoms with Crippen LogP contribution in [0, 0.1) is 11.8 Å². The lowest BCUT2D eigenvalue weighted by molar-refractivity contribution is -0.158. The van der Waals surface area contributed by atoms with E-state index >= 15 is 0 Å². The second-order valence-corrected chi connectivity index (χ2v) is 6.60. The molecule has 1 aromatic carbocycles. The molecule has 0 aliphatic heterocycles. The van der Waals surface area contributed by atoms with Crippen molar-refractivity contribution in [3.05, 3.63) is 40.4 Å². The molecular formula is C18H20BrNO6. The van der Waals surface area contributed by atoms with Gasteiger partial charge < -0.3 is 19.5 Å². The molecule has 0 heterocycles. The van der Waals surface area contributed by atoms with Crippen molar-refractivity contribution in [1.82, 2.24) is 5.32 Å². The molecule has 0 saturated heterocycles. The fourth-order valence-corrected chi connectivity index (χ4v) is 3.46. The maximum atomic E-state index is 12.6. The van der Waals surface area contributed by atoms with Crippen molar-refractivity contribution in [2.45, 2.75) is 12.5 Å². The first-order valence-corrected chi connectivity index (χ1v) is 8.68. The molecule has 8 heteroatoms. The van der Waals surface area contributed by atoms with Crippen LogP contribution in [0.2, 0.25) is 0 Å². The van der Waals surface area contributed by atoms with Gasteiger partial charge in [0.15, 0.2) is 0 Å². The highest BCUT2D eigenvalue weighted by Crippen LogP contribution is 2.35. The molecule has 2 rings (SSSR count). The summed E-state index contributed by atoms with van der Waals surface area (Å²) in [6, 6.07) is 5.81. The lowest BCUT2D eigenvalue weighted by Crippen LogP contribution is -2.50. The second-order valence-electron chi connectivity index (χ2n) is 5.68. The Bertz CT molecular complexity index is 715. The summed E-state index contributed by atoms with van der Waals surface area (Å²) in [5, 5.41) is 2.79. The van der Waals surface area contributed by atoms with Gasteiger partial charge in [0, 0.05) is 10.0 Å². The molecule has 0 saturated carbocycles. The molecule has 1 N–H and O–H groups in total. The fourth-order valence-electron chi connectivity index (χ4n) is 2.87. The Balaban J connectivity index is 2.28. The minimum atomic E-state index is -0.894. The summed E-state index contributed by atoms with van der Waals surface area (Å²) in [5.41, 5.74) is 0.398. The molecule has 0 unspecified atom stereocenters. The molecule has 0 aromatic heterocycles. The quantitative estimate of drug-likeness (QED) is 0.725. The minimum absolute atomic E-state index is 0.307. The number of esters is 2. The van der Waals surface area contributed by atoms with Crippen LogP contribution in [-0.2, 0) is 19.1 Å². The Labute approximate surface area is 159 Å². The number of allylic oxidation sites excluding steroid dienone is 1. The number of ether oxygens (including phenoxy) is 3. The Kier molecular flexibility index (Phi) is 6.79.